The number of nitrogens with one attached hydrogen (secondary N) is 1. The van der Waals surface area contributed by atoms with Crippen LogP contribution in [-0.2, 0) is 14.3 Å². The van der Waals surface area contributed by atoms with Crippen LogP contribution in [0.25, 0.3) is 0 Å². The van der Waals surface area contributed by atoms with E-state index >= 15 is 0 Å². The first-order valence-corrected chi connectivity index (χ1v) is 6.40. The van der Waals surface area contributed by atoms with Crippen LogP contribution in [0.4, 0.5) is 0 Å². The van der Waals surface area contributed by atoms with Gasteiger partial charge in [0, 0.05) is 19.8 Å². The highest BCUT2D eigenvalue weighted by molar-refractivity contribution is 5.81. The molecule has 2 saturated heterocycles. The standard InChI is InChI=1S/C12H22N2O3/c1-9-2-3-10(17-9)11(15)14-12(8-13)4-6-16-7-5-12/h9-10H,2-8,13H2,1H3,(H,14,15). The Labute approximate surface area is 102 Å². The molecule has 5 heteroatoms. The molecule has 0 aliphatic carbocycles. The van der Waals surface area contributed by atoms with E-state index in [1.807, 2.05) is 6.92 Å². The molecule has 2 aliphatic rings. The molecule has 0 spiro atoms. The Morgan fingerprint density at radius 3 is 2.65 bits per heavy atom. The Morgan fingerprint density at radius 2 is 2.12 bits per heavy atom. The fourth-order valence-electron chi connectivity index (χ4n) is 2.48. The third-order valence-electron chi connectivity index (χ3n) is 3.75. The highest BCUT2D eigenvalue weighted by Gasteiger charge is 2.36. The molecule has 3 N–H and O–H groups in total. The fraction of sp³-hybridized carbons (Fsp3) is 0.917. The van der Waals surface area contributed by atoms with Gasteiger partial charge in [0.2, 0.25) is 5.91 Å². The third kappa shape index (κ3) is 2.97. The molecule has 2 fully saturated rings. The van der Waals surface area contributed by atoms with Crippen molar-refractivity contribution in [3.63, 3.8) is 0 Å². The molecule has 0 radical (unpaired) electrons. The number of rotatable bonds is 3. The number of nitrogens with two attached hydrogens (primary N) is 1. The average Bonchev–Trinajstić information content (AvgIpc) is 2.77. The van der Waals surface area contributed by atoms with Crippen LogP contribution in [-0.4, -0.2) is 43.4 Å². The third-order valence-corrected chi connectivity index (χ3v) is 3.75. The molecule has 2 atom stereocenters. The average molecular weight is 242 g/mol. The van der Waals surface area contributed by atoms with Gasteiger partial charge < -0.3 is 20.5 Å². The summed E-state index contributed by atoms with van der Waals surface area (Å²) in [7, 11) is 0. The largest absolute Gasteiger partial charge is 0.381 e. The van der Waals surface area contributed by atoms with E-state index in [1.165, 1.54) is 0 Å². The predicted octanol–water partition coefficient (Wildman–Crippen LogP) is 0.178. The Hall–Kier alpha value is -0.650. The van der Waals surface area contributed by atoms with Crippen LogP contribution in [0.1, 0.15) is 32.6 Å². The Morgan fingerprint density at radius 1 is 1.41 bits per heavy atom. The Kier molecular flexibility index (Phi) is 4.01. The zero-order valence-corrected chi connectivity index (χ0v) is 10.4. The molecule has 98 valence electrons. The van der Waals surface area contributed by atoms with Crippen LogP contribution < -0.4 is 11.1 Å². The van der Waals surface area contributed by atoms with E-state index < -0.39 is 0 Å². The van der Waals surface area contributed by atoms with Gasteiger partial charge in [0.15, 0.2) is 0 Å². The number of carbonyl (C=O) groups is 1. The topological polar surface area (TPSA) is 73.6 Å². The van der Waals surface area contributed by atoms with E-state index in [0.29, 0.717) is 19.8 Å². The van der Waals surface area contributed by atoms with Crippen molar-refractivity contribution < 1.29 is 14.3 Å². The number of hydrogen-bond donors (Lipinski definition) is 2. The van der Waals surface area contributed by atoms with E-state index in [9.17, 15) is 4.79 Å². The minimum absolute atomic E-state index is 0.0123. The maximum Gasteiger partial charge on any atom is 0.249 e. The van der Waals surface area contributed by atoms with Crippen molar-refractivity contribution in [1.29, 1.82) is 0 Å². The first-order chi connectivity index (χ1) is 8.15. The van der Waals surface area contributed by atoms with Crippen LogP contribution in [0.5, 0.6) is 0 Å². The SMILES string of the molecule is CC1CCC(C(=O)NC2(CN)CCOCC2)O1. The van der Waals surface area contributed by atoms with Crippen molar-refractivity contribution in [2.45, 2.75) is 50.4 Å². The lowest BCUT2D eigenvalue weighted by Crippen LogP contribution is -2.58. The molecule has 0 aromatic rings. The lowest BCUT2D eigenvalue weighted by atomic mass is 9.90. The number of amides is 1. The lowest BCUT2D eigenvalue weighted by Gasteiger charge is -2.37. The molecule has 1 amide bonds. The molecule has 2 rings (SSSR count). The van der Waals surface area contributed by atoms with Crippen molar-refractivity contribution in [3.05, 3.63) is 0 Å². The Balaban J connectivity index is 1.91. The maximum atomic E-state index is 12.1. The molecular formula is C12H22N2O3. The summed E-state index contributed by atoms with van der Waals surface area (Å²) in [5.41, 5.74) is 5.51. The Bertz CT molecular complexity index is 277. The van der Waals surface area contributed by atoms with Crippen molar-refractivity contribution in [1.82, 2.24) is 5.32 Å². The normalized spacial score (nSPS) is 32.4. The van der Waals surface area contributed by atoms with Gasteiger partial charge in [-0.25, -0.2) is 0 Å². The zero-order chi connectivity index (χ0) is 12.3. The van der Waals surface area contributed by atoms with Crippen molar-refractivity contribution in [2.24, 2.45) is 5.73 Å². The molecule has 2 unspecified atom stereocenters. The summed E-state index contributed by atoms with van der Waals surface area (Å²) < 4.78 is 10.9. The van der Waals surface area contributed by atoms with Gasteiger partial charge in [0.05, 0.1) is 11.6 Å². The van der Waals surface area contributed by atoms with E-state index in [2.05, 4.69) is 5.32 Å². The van der Waals surface area contributed by atoms with Gasteiger partial charge >= 0.3 is 0 Å². The van der Waals surface area contributed by atoms with Crippen LogP contribution in [0.15, 0.2) is 0 Å². The smallest absolute Gasteiger partial charge is 0.249 e. The van der Waals surface area contributed by atoms with Crippen molar-refractivity contribution in [2.75, 3.05) is 19.8 Å². The van der Waals surface area contributed by atoms with Gasteiger partial charge in [-0.3, -0.25) is 4.79 Å². The monoisotopic (exact) mass is 242 g/mol. The molecule has 17 heavy (non-hydrogen) atoms. The molecule has 2 heterocycles. The van der Waals surface area contributed by atoms with Gasteiger partial charge in [-0.1, -0.05) is 0 Å². The zero-order valence-electron chi connectivity index (χ0n) is 10.4. The van der Waals surface area contributed by atoms with Crippen molar-refractivity contribution >= 4 is 5.91 Å². The first kappa shape index (κ1) is 12.8. The highest BCUT2D eigenvalue weighted by Crippen LogP contribution is 2.23. The van der Waals surface area contributed by atoms with Crippen LogP contribution in [0.3, 0.4) is 0 Å². The quantitative estimate of drug-likeness (QED) is 0.740. The highest BCUT2D eigenvalue weighted by atomic mass is 16.5. The fourth-order valence-corrected chi connectivity index (χ4v) is 2.48. The first-order valence-electron chi connectivity index (χ1n) is 6.40. The molecule has 0 bridgehead atoms. The summed E-state index contributed by atoms with van der Waals surface area (Å²) in [5, 5.41) is 3.08. The van der Waals surface area contributed by atoms with E-state index in [1.54, 1.807) is 0 Å². The summed E-state index contributed by atoms with van der Waals surface area (Å²) in [4.78, 5) is 12.1. The van der Waals surface area contributed by atoms with E-state index in [4.69, 9.17) is 15.2 Å². The number of carbonyl (C=O) groups excluding carboxylic acids is 1. The lowest BCUT2D eigenvalue weighted by molar-refractivity contribution is -0.134. The maximum absolute atomic E-state index is 12.1. The molecular weight excluding hydrogens is 220 g/mol. The van der Waals surface area contributed by atoms with E-state index in [0.717, 1.165) is 25.7 Å². The summed E-state index contributed by atoms with van der Waals surface area (Å²) in [6.45, 7) is 3.80. The summed E-state index contributed by atoms with van der Waals surface area (Å²) in [5.74, 6) is -0.0123. The van der Waals surface area contributed by atoms with Gasteiger partial charge in [-0.15, -0.1) is 0 Å². The summed E-state index contributed by atoms with van der Waals surface area (Å²) in [6, 6.07) is 0. The van der Waals surface area contributed by atoms with Crippen LogP contribution in [0, 0.1) is 0 Å². The minimum Gasteiger partial charge on any atom is -0.381 e. The van der Waals surface area contributed by atoms with Gasteiger partial charge in [-0.2, -0.15) is 0 Å². The second-order valence-corrected chi connectivity index (χ2v) is 5.10. The van der Waals surface area contributed by atoms with Gasteiger partial charge in [-0.05, 0) is 32.6 Å². The van der Waals surface area contributed by atoms with E-state index in [-0.39, 0.29) is 23.7 Å². The molecule has 2 aliphatic heterocycles. The number of hydrogen-bond acceptors (Lipinski definition) is 4. The molecule has 5 nitrogen and oxygen atoms in total. The van der Waals surface area contributed by atoms with Gasteiger partial charge in [0.25, 0.3) is 0 Å². The molecule has 0 aromatic heterocycles. The number of ether oxygens (including phenoxy) is 2. The van der Waals surface area contributed by atoms with Crippen LogP contribution >= 0.6 is 0 Å². The van der Waals surface area contributed by atoms with Crippen molar-refractivity contribution in [3.8, 4) is 0 Å². The summed E-state index contributed by atoms with van der Waals surface area (Å²) >= 11 is 0. The molecule has 0 saturated carbocycles. The van der Waals surface area contributed by atoms with Gasteiger partial charge in [0.1, 0.15) is 6.10 Å². The summed E-state index contributed by atoms with van der Waals surface area (Å²) in [6.07, 6.45) is 3.24. The minimum atomic E-state index is -0.295. The second kappa shape index (κ2) is 5.33. The molecule has 0 aromatic carbocycles. The van der Waals surface area contributed by atoms with Crippen LogP contribution in [0.2, 0.25) is 0 Å². The second-order valence-electron chi connectivity index (χ2n) is 5.10. The predicted molar refractivity (Wildman–Crippen MR) is 63.6 cm³/mol.